The van der Waals surface area contributed by atoms with Crippen LogP contribution in [0.5, 0.6) is 0 Å². The molecule has 0 aliphatic rings. The van der Waals surface area contributed by atoms with Gasteiger partial charge in [0.05, 0.1) is 0 Å². The van der Waals surface area contributed by atoms with Gasteiger partial charge < -0.3 is 10.3 Å². The highest BCUT2D eigenvalue weighted by molar-refractivity contribution is 6.04. The van der Waals surface area contributed by atoms with Crippen LogP contribution in [0, 0.1) is 0 Å². The smallest absolute Gasteiger partial charge is 0.322 e. The van der Waals surface area contributed by atoms with E-state index in [0.29, 0.717) is 11.8 Å². The van der Waals surface area contributed by atoms with Gasteiger partial charge in [-0.15, -0.1) is 0 Å². The van der Waals surface area contributed by atoms with E-state index >= 15 is 0 Å². The number of amides is 1. The lowest BCUT2D eigenvalue weighted by Crippen LogP contribution is -2.25. The van der Waals surface area contributed by atoms with Crippen LogP contribution in [0.2, 0.25) is 0 Å². The zero-order valence-corrected chi connectivity index (χ0v) is 16.9. The van der Waals surface area contributed by atoms with Gasteiger partial charge in [-0.25, -0.2) is 0 Å². The predicted molar refractivity (Wildman–Crippen MR) is 120 cm³/mol. The van der Waals surface area contributed by atoms with Gasteiger partial charge in [-0.3, -0.25) is 9.59 Å². The highest BCUT2D eigenvalue weighted by atomic mass is 19.4. The first-order chi connectivity index (χ1) is 15.2. The molecule has 0 radical (unpaired) electrons. The molecule has 0 saturated carbocycles. The monoisotopic (exact) mass is 436 g/mol. The molecule has 162 valence electrons. The van der Waals surface area contributed by atoms with Gasteiger partial charge in [0.15, 0.2) is 0 Å². The van der Waals surface area contributed by atoms with Gasteiger partial charge in [0.25, 0.3) is 11.5 Å². The number of aromatic amines is 1. The first kappa shape index (κ1) is 22.6. The van der Waals surface area contributed by atoms with Crippen LogP contribution in [-0.2, 0) is 6.18 Å². The minimum atomic E-state index is -4.72. The van der Waals surface area contributed by atoms with Crippen LogP contribution in [0.15, 0.2) is 96.8 Å². The molecule has 7 heteroatoms. The van der Waals surface area contributed by atoms with Crippen LogP contribution in [-0.4, -0.2) is 10.9 Å². The summed E-state index contributed by atoms with van der Waals surface area (Å²) >= 11 is 0. The molecule has 1 amide bonds. The molecule has 0 spiro atoms. The van der Waals surface area contributed by atoms with Gasteiger partial charge in [0.1, 0.15) is 11.3 Å². The van der Waals surface area contributed by atoms with E-state index in [2.05, 4.69) is 18.5 Å². The number of pyridine rings is 1. The number of anilines is 1. The molecule has 1 aromatic heterocycles. The Bertz CT molecular complexity index is 1260. The molecular formula is C25H19F3N2O2. The molecule has 0 fully saturated rings. The Morgan fingerprint density at radius 1 is 0.969 bits per heavy atom. The predicted octanol–water partition coefficient (Wildman–Crippen LogP) is 6.07. The van der Waals surface area contributed by atoms with Crippen LogP contribution >= 0.6 is 0 Å². The fraction of sp³-hybridized carbons (Fsp3) is 0.0400. The van der Waals surface area contributed by atoms with E-state index in [4.69, 9.17) is 0 Å². The molecule has 2 aromatic carbocycles. The first-order valence-electron chi connectivity index (χ1n) is 9.51. The van der Waals surface area contributed by atoms with Crippen molar-refractivity contribution < 1.29 is 18.0 Å². The number of nitrogens with one attached hydrogen (secondary N) is 2. The van der Waals surface area contributed by atoms with Crippen molar-refractivity contribution in [3.05, 3.63) is 119 Å². The van der Waals surface area contributed by atoms with E-state index in [0.717, 1.165) is 28.3 Å². The van der Waals surface area contributed by atoms with Crippen LogP contribution in [0.1, 0.15) is 21.6 Å². The van der Waals surface area contributed by atoms with Gasteiger partial charge in [-0.2, -0.15) is 13.2 Å². The molecule has 2 N–H and O–H groups in total. The Kier molecular flexibility index (Phi) is 6.59. The van der Waals surface area contributed by atoms with Crippen molar-refractivity contribution in [2.75, 3.05) is 5.32 Å². The number of allylic oxidation sites excluding steroid dienone is 4. The van der Waals surface area contributed by atoms with Crippen molar-refractivity contribution in [3.63, 3.8) is 0 Å². The largest absolute Gasteiger partial charge is 0.431 e. The summed E-state index contributed by atoms with van der Waals surface area (Å²) in [5, 5.41) is 2.60. The summed E-state index contributed by atoms with van der Waals surface area (Å²) in [4.78, 5) is 26.4. The van der Waals surface area contributed by atoms with Crippen molar-refractivity contribution in [2.45, 2.75) is 6.18 Å². The Labute approximate surface area is 182 Å². The fourth-order valence-corrected chi connectivity index (χ4v) is 3.09. The average Bonchev–Trinajstić information content (AvgIpc) is 2.77. The van der Waals surface area contributed by atoms with Gasteiger partial charge in [0.2, 0.25) is 0 Å². The maximum Gasteiger partial charge on any atom is 0.431 e. The van der Waals surface area contributed by atoms with Crippen LogP contribution in [0.4, 0.5) is 18.9 Å². The lowest BCUT2D eigenvalue weighted by atomic mass is 9.97. The van der Waals surface area contributed by atoms with Gasteiger partial charge in [0, 0.05) is 5.69 Å². The van der Waals surface area contributed by atoms with Gasteiger partial charge in [-0.05, 0) is 52.6 Å². The summed E-state index contributed by atoms with van der Waals surface area (Å²) in [6.45, 7) is 7.48. The maximum atomic E-state index is 12.8. The summed E-state index contributed by atoms with van der Waals surface area (Å²) in [5.74, 6) is -0.830. The highest BCUT2D eigenvalue weighted by Crippen LogP contribution is 2.29. The second-order valence-electron chi connectivity index (χ2n) is 6.79. The quantitative estimate of drug-likeness (QED) is 0.461. The molecule has 4 nitrogen and oxygen atoms in total. The lowest BCUT2D eigenvalue weighted by molar-refractivity contribution is -0.141. The summed E-state index contributed by atoms with van der Waals surface area (Å²) in [6, 6.07) is 16.2. The van der Waals surface area contributed by atoms with E-state index in [1.165, 1.54) is 0 Å². The summed E-state index contributed by atoms with van der Waals surface area (Å²) < 4.78 is 38.3. The number of alkyl halides is 3. The number of halogens is 3. The molecule has 3 aromatic rings. The van der Waals surface area contributed by atoms with Crippen molar-refractivity contribution >= 4 is 17.2 Å². The van der Waals surface area contributed by atoms with Crippen molar-refractivity contribution in [3.8, 4) is 11.1 Å². The molecule has 0 aliphatic heterocycles. The molecule has 3 rings (SSSR count). The zero-order chi connectivity index (χ0) is 23.3. The number of benzene rings is 2. The molecule has 0 aliphatic carbocycles. The zero-order valence-electron chi connectivity index (χ0n) is 16.9. The lowest BCUT2D eigenvalue weighted by Gasteiger charge is -2.12. The molecular weight excluding hydrogens is 417 g/mol. The Morgan fingerprint density at radius 3 is 2.28 bits per heavy atom. The number of carbonyl (C=O) groups excluding carboxylic acids is 1. The third kappa shape index (κ3) is 5.13. The number of H-pyrrole nitrogens is 1. The van der Waals surface area contributed by atoms with Crippen LogP contribution in [0.25, 0.3) is 16.7 Å². The highest BCUT2D eigenvalue weighted by Gasteiger charge is 2.32. The Balaban J connectivity index is 2.03. The third-order valence-electron chi connectivity index (χ3n) is 4.61. The number of aromatic nitrogens is 1. The number of hydrogen-bond donors (Lipinski definition) is 2. The van der Waals surface area contributed by atoms with Gasteiger partial charge in [-0.1, -0.05) is 61.7 Å². The van der Waals surface area contributed by atoms with E-state index in [9.17, 15) is 22.8 Å². The molecule has 0 bridgehead atoms. The van der Waals surface area contributed by atoms with E-state index in [-0.39, 0.29) is 0 Å². The topological polar surface area (TPSA) is 62.0 Å². The second kappa shape index (κ2) is 9.34. The normalized spacial score (nSPS) is 11.7. The second-order valence-corrected chi connectivity index (χ2v) is 6.79. The van der Waals surface area contributed by atoms with Gasteiger partial charge >= 0.3 is 6.18 Å². The summed E-state index contributed by atoms with van der Waals surface area (Å²) in [6.07, 6.45) is 0.277. The minimum Gasteiger partial charge on any atom is -0.322 e. The standard InChI is InChI=1S/C25H19F3N2O2/c1-3-8-16(4-2)18-13-19(17-9-6-5-7-10-17)15-20(14-18)29-23(31)21-11-12-22(25(26,27)28)30-24(21)32/h3-15H,1-2H2,(H,29,31)(H,30,32)/b16-8+. The molecule has 1 heterocycles. The minimum absolute atomic E-state index is 0.363. The van der Waals surface area contributed by atoms with Crippen LogP contribution < -0.4 is 10.9 Å². The molecule has 32 heavy (non-hydrogen) atoms. The number of hydrogen-bond acceptors (Lipinski definition) is 2. The first-order valence-corrected chi connectivity index (χ1v) is 9.51. The average molecular weight is 436 g/mol. The Morgan fingerprint density at radius 2 is 1.69 bits per heavy atom. The maximum absolute atomic E-state index is 12.8. The summed E-state index contributed by atoms with van der Waals surface area (Å²) in [7, 11) is 0. The van der Waals surface area contributed by atoms with E-state index in [1.807, 2.05) is 36.4 Å². The third-order valence-corrected chi connectivity index (χ3v) is 4.61. The molecule has 0 unspecified atom stereocenters. The van der Waals surface area contributed by atoms with Crippen LogP contribution in [0.3, 0.4) is 0 Å². The van der Waals surface area contributed by atoms with E-state index < -0.39 is 28.9 Å². The Hall–Kier alpha value is -4.13. The fourth-order valence-electron chi connectivity index (χ4n) is 3.09. The molecule has 0 saturated heterocycles. The van der Waals surface area contributed by atoms with Crippen molar-refractivity contribution in [1.29, 1.82) is 0 Å². The summed E-state index contributed by atoms with van der Waals surface area (Å²) in [5.41, 5.74) is 0.736. The SMILES string of the molecule is C=C/C=C(\C=C)c1cc(NC(=O)c2ccc(C(F)(F)F)[nH]c2=O)cc(-c2ccccc2)c1. The molecule has 0 atom stereocenters. The van der Waals surface area contributed by atoms with Crippen molar-refractivity contribution in [2.24, 2.45) is 0 Å². The number of carbonyl (C=O) groups is 1. The van der Waals surface area contributed by atoms with E-state index in [1.54, 1.807) is 35.3 Å². The number of rotatable bonds is 6. The van der Waals surface area contributed by atoms with Crippen molar-refractivity contribution in [1.82, 2.24) is 4.98 Å².